The summed E-state index contributed by atoms with van der Waals surface area (Å²) in [5.74, 6) is 0. The predicted octanol–water partition coefficient (Wildman–Crippen LogP) is 2.10. The molecule has 5 nitrogen and oxygen atoms in total. The SMILES string of the molecule is Cc1ccc([C@H](N)CCCO)cc1[N+](=O)[O-].Cl. The van der Waals surface area contributed by atoms with E-state index in [0.717, 1.165) is 5.56 Å². The van der Waals surface area contributed by atoms with E-state index in [1.807, 2.05) is 0 Å². The highest BCUT2D eigenvalue weighted by molar-refractivity contribution is 5.85. The molecule has 3 N–H and O–H groups in total. The van der Waals surface area contributed by atoms with Gasteiger partial charge < -0.3 is 10.8 Å². The van der Waals surface area contributed by atoms with Crippen LogP contribution in [0.1, 0.15) is 30.0 Å². The van der Waals surface area contributed by atoms with Crippen LogP contribution in [0.15, 0.2) is 18.2 Å². The van der Waals surface area contributed by atoms with Crippen molar-refractivity contribution in [2.24, 2.45) is 5.73 Å². The topological polar surface area (TPSA) is 89.4 Å². The summed E-state index contributed by atoms with van der Waals surface area (Å²) in [6.07, 6.45) is 1.22. The van der Waals surface area contributed by atoms with E-state index in [0.29, 0.717) is 18.4 Å². The third kappa shape index (κ3) is 4.30. The Labute approximate surface area is 106 Å². The first-order chi connectivity index (χ1) is 7.56. The Morgan fingerprint density at radius 3 is 2.71 bits per heavy atom. The molecule has 0 fully saturated rings. The van der Waals surface area contributed by atoms with Gasteiger partial charge in [-0.15, -0.1) is 12.4 Å². The van der Waals surface area contributed by atoms with Gasteiger partial charge in [0.2, 0.25) is 0 Å². The molecule has 0 aromatic heterocycles. The molecule has 1 aromatic carbocycles. The summed E-state index contributed by atoms with van der Waals surface area (Å²) in [5, 5.41) is 19.4. The highest BCUT2D eigenvalue weighted by atomic mass is 35.5. The Balaban J connectivity index is 0.00000256. The second-order valence-corrected chi connectivity index (χ2v) is 3.78. The number of aliphatic hydroxyl groups is 1. The van der Waals surface area contributed by atoms with Crippen molar-refractivity contribution in [3.63, 3.8) is 0 Å². The Morgan fingerprint density at radius 1 is 1.53 bits per heavy atom. The van der Waals surface area contributed by atoms with Gasteiger partial charge in [-0.3, -0.25) is 10.1 Å². The van der Waals surface area contributed by atoms with Crippen LogP contribution in [0.3, 0.4) is 0 Å². The quantitative estimate of drug-likeness (QED) is 0.627. The summed E-state index contributed by atoms with van der Waals surface area (Å²) in [4.78, 5) is 10.3. The molecule has 0 spiro atoms. The molecule has 17 heavy (non-hydrogen) atoms. The molecular formula is C11H17ClN2O3. The molecular weight excluding hydrogens is 244 g/mol. The Bertz CT molecular complexity index is 385. The van der Waals surface area contributed by atoms with Crippen molar-refractivity contribution >= 4 is 18.1 Å². The van der Waals surface area contributed by atoms with Crippen LogP contribution >= 0.6 is 12.4 Å². The lowest BCUT2D eigenvalue weighted by Crippen LogP contribution is -2.11. The molecule has 0 bridgehead atoms. The number of nitrogens with zero attached hydrogens (tertiary/aromatic N) is 1. The largest absolute Gasteiger partial charge is 0.396 e. The van der Waals surface area contributed by atoms with E-state index in [2.05, 4.69) is 0 Å². The van der Waals surface area contributed by atoms with Crippen LogP contribution in [0, 0.1) is 17.0 Å². The van der Waals surface area contributed by atoms with Gasteiger partial charge in [0.1, 0.15) is 0 Å². The second kappa shape index (κ2) is 7.21. The van der Waals surface area contributed by atoms with Crippen molar-refractivity contribution in [3.8, 4) is 0 Å². The van der Waals surface area contributed by atoms with Crippen LogP contribution in [0.5, 0.6) is 0 Å². The molecule has 96 valence electrons. The van der Waals surface area contributed by atoms with Crippen molar-refractivity contribution in [1.82, 2.24) is 0 Å². The van der Waals surface area contributed by atoms with Crippen LogP contribution in [-0.2, 0) is 0 Å². The monoisotopic (exact) mass is 260 g/mol. The summed E-state index contributed by atoms with van der Waals surface area (Å²) in [7, 11) is 0. The smallest absolute Gasteiger partial charge is 0.272 e. The summed E-state index contributed by atoms with van der Waals surface area (Å²) in [5.41, 5.74) is 7.33. The molecule has 0 unspecified atom stereocenters. The van der Waals surface area contributed by atoms with Gasteiger partial charge >= 0.3 is 0 Å². The minimum absolute atomic E-state index is 0. The summed E-state index contributed by atoms with van der Waals surface area (Å²) < 4.78 is 0. The average Bonchev–Trinajstić information content (AvgIpc) is 2.26. The second-order valence-electron chi connectivity index (χ2n) is 3.78. The van der Waals surface area contributed by atoms with Gasteiger partial charge in [-0.25, -0.2) is 0 Å². The zero-order valence-corrected chi connectivity index (χ0v) is 10.4. The zero-order valence-electron chi connectivity index (χ0n) is 9.63. The van der Waals surface area contributed by atoms with Gasteiger partial charge in [-0.1, -0.05) is 12.1 Å². The molecule has 0 aliphatic carbocycles. The number of benzene rings is 1. The molecule has 0 amide bonds. The Morgan fingerprint density at radius 2 is 2.18 bits per heavy atom. The lowest BCUT2D eigenvalue weighted by Gasteiger charge is -2.11. The molecule has 0 heterocycles. The van der Waals surface area contributed by atoms with Crippen LogP contribution in [0.2, 0.25) is 0 Å². The van der Waals surface area contributed by atoms with E-state index in [4.69, 9.17) is 10.8 Å². The van der Waals surface area contributed by atoms with Gasteiger partial charge in [0, 0.05) is 24.3 Å². The van der Waals surface area contributed by atoms with E-state index in [1.54, 1.807) is 19.1 Å². The van der Waals surface area contributed by atoms with Gasteiger partial charge in [-0.05, 0) is 25.3 Å². The molecule has 0 aliphatic rings. The van der Waals surface area contributed by atoms with Gasteiger partial charge in [0.15, 0.2) is 0 Å². The first-order valence-electron chi connectivity index (χ1n) is 5.17. The lowest BCUT2D eigenvalue weighted by atomic mass is 10.0. The Hall–Kier alpha value is -1.17. The third-order valence-electron chi connectivity index (χ3n) is 2.53. The van der Waals surface area contributed by atoms with Crippen molar-refractivity contribution in [1.29, 1.82) is 0 Å². The number of hydrogen-bond acceptors (Lipinski definition) is 4. The predicted molar refractivity (Wildman–Crippen MR) is 68.3 cm³/mol. The summed E-state index contributed by atoms with van der Waals surface area (Å²) >= 11 is 0. The molecule has 0 aliphatic heterocycles. The summed E-state index contributed by atoms with van der Waals surface area (Å²) in [6.45, 7) is 1.78. The van der Waals surface area contributed by atoms with Crippen LogP contribution in [0.25, 0.3) is 0 Å². The van der Waals surface area contributed by atoms with Crippen LogP contribution < -0.4 is 5.73 Å². The van der Waals surface area contributed by atoms with E-state index < -0.39 is 4.92 Å². The number of aryl methyl sites for hydroxylation is 1. The molecule has 1 atom stereocenters. The normalized spacial score (nSPS) is 11.7. The number of nitrogens with two attached hydrogens (primary N) is 1. The summed E-state index contributed by atoms with van der Waals surface area (Å²) in [6, 6.07) is 4.75. The standard InChI is InChI=1S/C11H16N2O3.ClH/c1-8-4-5-9(7-11(8)13(15)16)10(12)3-2-6-14;/h4-5,7,10,14H,2-3,6,12H2,1H3;1H/t10-;/m1./s1. The minimum atomic E-state index is -0.405. The van der Waals surface area contributed by atoms with E-state index >= 15 is 0 Å². The molecule has 0 saturated heterocycles. The van der Waals surface area contributed by atoms with Gasteiger partial charge in [0.25, 0.3) is 5.69 Å². The number of aliphatic hydroxyl groups excluding tert-OH is 1. The maximum Gasteiger partial charge on any atom is 0.272 e. The van der Waals surface area contributed by atoms with E-state index in [-0.39, 0.29) is 30.7 Å². The maximum atomic E-state index is 10.7. The van der Waals surface area contributed by atoms with Gasteiger partial charge in [-0.2, -0.15) is 0 Å². The first kappa shape index (κ1) is 15.8. The Kier molecular flexibility index (Phi) is 6.72. The number of rotatable bonds is 5. The van der Waals surface area contributed by atoms with E-state index in [9.17, 15) is 10.1 Å². The highest BCUT2D eigenvalue weighted by Crippen LogP contribution is 2.24. The number of nitro groups is 1. The van der Waals surface area contributed by atoms with Crippen LogP contribution in [0.4, 0.5) is 5.69 Å². The van der Waals surface area contributed by atoms with Crippen molar-refractivity contribution < 1.29 is 10.0 Å². The lowest BCUT2D eigenvalue weighted by molar-refractivity contribution is -0.385. The fraction of sp³-hybridized carbons (Fsp3) is 0.455. The average molecular weight is 261 g/mol. The third-order valence-corrected chi connectivity index (χ3v) is 2.53. The number of halogens is 1. The van der Waals surface area contributed by atoms with E-state index in [1.165, 1.54) is 6.07 Å². The molecule has 1 aromatic rings. The molecule has 0 radical (unpaired) electrons. The first-order valence-corrected chi connectivity index (χ1v) is 5.17. The van der Waals surface area contributed by atoms with Crippen molar-refractivity contribution in [2.75, 3.05) is 6.61 Å². The fourth-order valence-electron chi connectivity index (χ4n) is 1.53. The highest BCUT2D eigenvalue weighted by Gasteiger charge is 2.14. The van der Waals surface area contributed by atoms with Crippen LogP contribution in [-0.4, -0.2) is 16.6 Å². The van der Waals surface area contributed by atoms with Gasteiger partial charge in [0.05, 0.1) is 4.92 Å². The molecule has 0 saturated carbocycles. The van der Waals surface area contributed by atoms with Crippen molar-refractivity contribution in [2.45, 2.75) is 25.8 Å². The number of nitro benzene ring substituents is 1. The minimum Gasteiger partial charge on any atom is -0.396 e. The number of hydrogen-bond donors (Lipinski definition) is 2. The van der Waals surface area contributed by atoms with Crippen molar-refractivity contribution in [3.05, 3.63) is 39.4 Å². The fourth-order valence-corrected chi connectivity index (χ4v) is 1.53. The zero-order chi connectivity index (χ0) is 12.1. The molecule has 1 rings (SSSR count). The molecule has 6 heteroatoms. The maximum absolute atomic E-state index is 10.7.